The maximum atomic E-state index is 11.2. The molecule has 4 heteroatoms. The molecule has 0 heterocycles. The van der Waals surface area contributed by atoms with Gasteiger partial charge in [0.2, 0.25) is 0 Å². The predicted octanol–water partition coefficient (Wildman–Crippen LogP) is 3.34. The Labute approximate surface area is 121 Å². The zero-order valence-electron chi connectivity index (χ0n) is 12.3. The monoisotopic (exact) mass is 280 g/mol. The average molecular weight is 280 g/mol. The maximum absolute atomic E-state index is 11.2. The molecule has 0 N–H and O–H groups in total. The lowest BCUT2D eigenvalue weighted by Gasteiger charge is -1.99. The van der Waals surface area contributed by atoms with Crippen LogP contribution in [-0.2, 0) is 19.1 Å². The number of hydrogen-bond donors (Lipinski definition) is 0. The highest BCUT2D eigenvalue weighted by atomic mass is 16.5. The molecule has 0 rings (SSSR count). The SMILES string of the molecule is CC/C=C\CCOC(=O)/C=C\C(=O)OCC/C=C\CC. The first-order chi connectivity index (χ1) is 9.70. The van der Waals surface area contributed by atoms with Crippen LogP contribution in [0.2, 0.25) is 0 Å². The molecule has 0 radical (unpaired) electrons. The van der Waals surface area contributed by atoms with E-state index in [0.29, 0.717) is 26.1 Å². The summed E-state index contributed by atoms with van der Waals surface area (Å²) in [5.74, 6) is -1.06. The molecule has 0 fully saturated rings. The highest BCUT2D eigenvalue weighted by molar-refractivity contribution is 5.91. The van der Waals surface area contributed by atoms with Crippen LogP contribution in [-0.4, -0.2) is 25.2 Å². The van der Waals surface area contributed by atoms with E-state index in [2.05, 4.69) is 0 Å². The van der Waals surface area contributed by atoms with Gasteiger partial charge in [0.25, 0.3) is 0 Å². The van der Waals surface area contributed by atoms with E-state index in [9.17, 15) is 9.59 Å². The summed E-state index contributed by atoms with van der Waals surface area (Å²) >= 11 is 0. The summed E-state index contributed by atoms with van der Waals surface area (Å²) < 4.78 is 9.80. The number of esters is 2. The van der Waals surface area contributed by atoms with Crippen molar-refractivity contribution in [2.75, 3.05) is 13.2 Å². The molecule has 0 aromatic heterocycles. The Hall–Kier alpha value is -1.84. The Balaban J connectivity index is 3.69. The normalized spacial score (nSPS) is 11.5. The van der Waals surface area contributed by atoms with Crippen molar-refractivity contribution in [2.45, 2.75) is 39.5 Å². The molecule has 0 aromatic carbocycles. The van der Waals surface area contributed by atoms with Crippen LogP contribution in [0.15, 0.2) is 36.5 Å². The number of carbonyl (C=O) groups is 2. The van der Waals surface area contributed by atoms with Crippen molar-refractivity contribution in [1.82, 2.24) is 0 Å². The first-order valence-electron chi connectivity index (χ1n) is 7.02. The molecule has 0 aliphatic heterocycles. The van der Waals surface area contributed by atoms with Gasteiger partial charge >= 0.3 is 11.9 Å². The van der Waals surface area contributed by atoms with Gasteiger partial charge in [-0.25, -0.2) is 9.59 Å². The minimum Gasteiger partial charge on any atom is -0.462 e. The summed E-state index contributed by atoms with van der Waals surface area (Å²) in [5.41, 5.74) is 0. The summed E-state index contributed by atoms with van der Waals surface area (Å²) in [4.78, 5) is 22.5. The Bertz CT molecular complexity index is 319. The molecule has 0 saturated heterocycles. The number of ether oxygens (including phenoxy) is 2. The molecule has 0 spiro atoms. The van der Waals surface area contributed by atoms with E-state index >= 15 is 0 Å². The van der Waals surface area contributed by atoms with E-state index in [-0.39, 0.29) is 0 Å². The molecule has 4 nitrogen and oxygen atoms in total. The molecular formula is C16H24O4. The third-order valence-electron chi connectivity index (χ3n) is 2.22. The first kappa shape index (κ1) is 18.2. The Kier molecular flexibility index (Phi) is 12.3. The summed E-state index contributed by atoms with van der Waals surface area (Å²) in [6.07, 6.45) is 13.4. The zero-order chi connectivity index (χ0) is 15.1. The van der Waals surface area contributed by atoms with Crippen LogP contribution in [0.4, 0.5) is 0 Å². The second-order valence-corrected chi connectivity index (χ2v) is 4.00. The summed E-state index contributed by atoms with van der Waals surface area (Å²) in [6, 6.07) is 0. The molecule has 20 heavy (non-hydrogen) atoms. The van der Waals surface area contributed by atoms with Crippen LogP contribution in [0, 0.1) is 0 Å². The fourth-order valence-electron chi connectivity index (χ4n) is 1.26. The fourth-order valence-corrected chi connectivity index (χ4v) is 1.26. The maximum Gasteiger partial charge on any atom is 0.331 e. The van der Waals surface area contributed by atoms with Crippen LogP contribution in [0.3, 0.4) is 0 Å². The van der Waals surface area contributed by atoms with Crippen LogP contribution in [0.1, 0.15) is 39.5 Å². The molecular weight excluding hydrogens is 256 g/mol. The largest absolute Gasteiger partial charge is 0.462 e. The van der Waals surface area contributed by atoms with Gasteiger partial charge in [0.1, 0.15) is 0 Å². The number of allylic oxidation sites excluding steroid dienone is 2. The van der Waals surface area contributed by atoms with Gasteiger partial charge in [-0.2, -0.15) is 0 Å². The second-order valence-electron chi connectivity index (χ2n) is 4.00. The van der Waals surface area contributed by atoms with Gasteiger partial charge in [0, 0.05) is 12.2 Å². The van der Waals surface area contributed by atoms with Crippen LogP contribution in [0.25, 0.3) is 0 Å². The van der Waals surface area contributed by atoms with Crippen LogP contribution in [0.5, 0.6) is 0 Å². The third-order valence-corrected chi connectivity index (χ3v) is 2.22. The molecule has 0 saturated carbocycles. The lowest BCUT2D eigenvalue weighted by atomic mass is 10.3. The van der Waals surface area contributed by atoms with E-state index in [4.69, 9.17) is 9.47 Å². The molecule has 0 aromatic rings. The van der Waals surface area contributed by atoms with Gasteiger partial charge in [0.05, 0.1) is 13.2 Å². The van der Waals surface area contributed by atoms with Crippen LogP contribution >= 0.6 is 0 Å². The van der Waals surface area contributed by atoms with Gasteiger partial charge in [-0.15, -0.1) is 0 Å². The van der Waals surface area contributed by atoms with E-state index in [1.54, 1.807) is 0 Å². The predicted molar refractivity (Wildman–Crippen MR) is 79.2 cm³/mol. The Morgan fingerprint density at radius 1 is 0.750 bits per heavy atom. The quantitative estimate of drug-likeness (QED) is 0.266. The minimum atomic E-state index is -0.530. The van der Waals surface area contributed by atoms with Gasteiger partial charge in [-0.05, 0) is 25.7 Å². The minimum absolute atomic E-state index is 0.316. The molecule has 0 bridgehead atoms. The fraction of sp³-hybridized carbons (Fsp3) is 0.500. The second kappa shape index (κ2) is 13.6. The topological polar surface area (TPSA) is 52.6 Å². The van der Waals surface area contributed by atoms with Crippen molar-refractivity contribution in [1.29, 1.82) is 0 Å². The van der Waals surface area contributed by atoms with E-state index in [1.807, 2.05) is 38.2 Å². The Morgan fingerprint density at radius 2 is 1.15 bits per heavy atom. The molecule has 112 valence electrons. The van der Waals surface area contributed by atoms with Gasteiger partial charge in [-0.3, -0.25) is 0 Å². The highest BCUT2D eigenvalue weighted by Crippen LogP contribution is 1.92. The molecule has 0 amide bonds. The zero-order valence-corrected chi connectivity index (χ0v) is 12.3. The third kappa shape index (κ3) is 12.6. The number of carbonyl (C=O) groups excluding carboxylic acids is 2. The van der Waals surface area contributed by atoms with Gasteiger partial charge < -0.3 is 9.47 Å². The lowest BCUT2D eigenvalue weighted by molar-refractivity contribution is -0.140. The molecule has 0 aliphatic carbocycles. The smallest absolute Gasteiger partial charge is 0.331 e. The Morgan fingerprint density at radius 3 is 1.50 bits per heavy atom. The standard InChI is InChI=1S/C16H24O4/c1-3-5-7-9-13-19-15(17)11-12-16(18)20-14-10-8-6-4-2/h5-8,11-12H,3-4,9-10,13-14H2,1-2H3/b7-5-,8-6-,12-11-. The number of rotatable bonds is 10. The van der Waals surface area contributed by atoms with E-state index < -0.39 is 11.9 Å². The van der Waals surface area contributed by atoms with Crippen molar-refractivity contribution >= 4 is 11.9 Å². The summed E-state index contributed by atoms with van der Waals surface area (Å²) in [5, 5.41) is 0. The summed E-state index contributed by atoms with van der Waals surface area (Å²) in [7, 11) is 0. The van der Waals surface area contributed by atoms with Crippen molar-refractivity contribution in [3.05, 3.63) is 36.5 Å². The van der Waals surface area contributed by atoms with Crippen molar-refractivity contribution < 1.29 is 19.1 Å². The van der Waals surface area contributed by atoms with Gasteiger partial charge in [0.15, 0.2) is 0 Å². The van der Waals surface area contributed by atoms with Gasteiger partial charge in [-0.1, -0.05) is 38.2 Å². The highest BCUT2D eigenvalue weighted by Gasteiger charge is 1.99. The first-order valence-corrected chi connectivity index (χ1v) is 7.02. The molecule has 0 atom stereocenters. The summed E-state index contributed by atoms with van der Waals surface area (Å²) in [6.45, 7) is 4.71. The van der Waals surface area contributed by atoms with Crippen molar-refractivity contribution in [3.8, 4) is 0 Å². The molecule has 0 unspecified atom stereocenters. The van der Waals surface area contributed by atoms with Crippen LogP contribution < -0.4 is 0 Å². The number of hydrogen-bond acceptors (Lipinski definition) is 4. The lowest BCUT2D eigenvalue weighted by Crippen LogP contribution is -2.05. The van der Waals surface area contributed by atoms with E-state index in [0.717, 1.165) is 25.0 Å². The van der Waals surface area contributed by atoms with E-state index in [1.165, 1.54) is 0 Å². The van der Waals surface area contributed by atoms with Crippen molar-refractivity contribution in [3.63, 3.8) is 0 Å². The molecule has 0 aliphatic rings. The van der Waals surface area contributed by atoms with Crippen molar-refractivity contribution in [2.24, 2.45) is 0 Å². The average Bonchev–Trinajstić information content (AvgIpc) is 2.44.